The van der Waals surface area contributed by atoms with Crippen LogP contribution >= 0.6 is 0 Å². The number of ether oxygens (including phenoxy) is 1. The second kappa shape index (κ2) is 9.18. The summed E-state index contributed by atoms with van der Waals surface area (Å²) < 4.78 is 36.7. The third-order valence-electron chi connectivity index (χ3n) is 6.72. The maximum Gasteiger partial charge on any atom is 0.316 e. The monoisotopic (exact) mass is 466 g/mol. The number of fused-ring (bicyclic) bond motifs is 1. The van der Waals surface area contributed by atoms with Crippen molar-refractivity contribution in [3.8, 4) is 11.4 Å². The number of likely N-dealkylation sites (N-methyl/N-ethyl adjacent to an activating group) is 1. The molecule has 8 heteroatoms. The number of hydrogen-bond acceptors (Lipinski definition) is 5. The molecule has 34 heavy (non-hydrogen) atoms. The van der Waals surface area contributed by atoms with E-state index in [9.17, 15) is 9.18 Å². The first-order chi connectivity index (χ1) is 16.4. The molecule has 1 fully saturated rings. The molecule has 2 aliphatic rings. The third kappa shape index (κ3) is 4.18. The molecule has 0 saturated carbocycles. The molecule has 178 valence electrons. The topological polar surface area (TPSA) is 50.6 Å². The molecule has 2 aromatic carbocycles. The molecule has 1 aliphatic carbocycles. The van der Waals surface area contributed by atoms with E-state index in [-0.39, 0.29) is 5.75 Å². The molecule has 0 amide bonds. The average molecular weight is 467 g/mol. The molecule has 3 aromatic rings. The molecule has 1 aromatic heterocycles. The highest BCUT2D eigenvalue weighted by atomic mass is 19.1. The first kappa shape index (κ1) is 22.5. The Kier molecular flexibility index (Phi) is 6.08. The van der Waals surface area contributed by atoms with Gasteiger partial charge in [-0.3, -0.25) is 4.79 Å². The minimum atomic E-state index is -1.33. The lowest BCUT2D eigenvalue weighted by Gasteiger charge is -2.36. The van der Waals surface area contributed by atoms with E-state index in [1.54, 1.807) is 31.3 Å². The second-order valence-electron chi connectivity index (χ2n) is 8.94. The molecule has 2 unspecified atom stereocenters. The summed E-state index contributed by atoms with van der Waals surface area (Å²) in [5.74, 6) is -0.400. The van der Waals surface area contributed by atoms with E-state index in [1.807, 2.05) is 12.1 Å². The summed E-state index contributed by atoms with van der Waals surface area (Å²) in [4.78, 5) is 18.0. The summed E-state index contributed by atoms with van der Waals surface area (Å²) in [6.07, 6.45) is -0.195. The van der Waals surface area contributed by atoms with Crippen LogP contribution in [0.15, 0.2) is 53.5 Å². The summed E-state index contributed by atoms with van der Waals surface area (Å²) >= 11 is 0. The van der Waals surface area contributed by atoms with Gasteiger partial charge in [-0.05, 0) is 48.4 Å². The number of benzene rings is 2. The highest BCUT2D eigenvalue weighted by Gasteiger charge is 2.36. The van der Waals surface area contributed by atoms with Crippen LogP contribution in [0.1, 0.15) is 29.8 Å². The number of nitrogens with zero attached hydrogens (tertiary/aromatic N) is 4. The molecule has 5 rings (SSSR count). The minimum Gasteiger partial charge on any atom is -0.479 e. The number of anilines is 1. The maximum atomic E-state index is 15.3. The van der Waals surface area contributed by atoms with Gasteiger partial charge in [-0.1, -0.05) is 31.2 Å². The summed E-state index contributed by atoms with van der Waals surface area (Å²) in [6.45, 7) is 7.94. The van der Waals surface area contributed by atoms with Crippen LogP contribution in [0.2, 0.25) is 0 Å². The Balaban J connectivity index is 1.55. The predicted molar refractivity (Wildman–Crippen MR) is 127 cm³/mol. The van der Waals surface area contributed by atoms with E-state index in [1.165, 1.54) is 12.1 Å². The molecule has 2 atom stereocenters. The lowest BCUT2D eigenvalue weighted by atomic mass is 10.1. The molecule has 1 aliphatic heterocycles. The van der Waals surface area contributed by atoms with E-state index in [4.69, 9.17) is 4.74 Å². The van der Waals surface area contributed by atoms with E-state index in [0.717, 1.165) is 29.9 Å². The Morgan fingerprint density at radius 2 is 1.88 bits per heavy atom. The Labute approximate surface area is 197 Å². The van der Waals surface area contributed by atoms with Gasteiger partial charge in [0.25, 0.3) is 0 Å². The quantitative estimate of drug-likeness (QED) is 0.572. The minimum absolute atomic E-state index is 0.0577. The number of rotatable bonds is 5. The first-order valence-electron chi connectivity index (χ1n) is 11.7. The lowest BCUT2D eigenvalue weighted by molar-refractivity contribution is 0.113. The molecule has 0 spiro atoms. The van der Waals surface area contributed by atoms with Crippen molar-refractivity contribution in [3.05, 3.63) is 81.5 Å². The number of aryl methyl sites for hydroxylation is 1. The number of halogens is 2. The van der Waals surface area contributed by atoms with Crippen molar-refractivity contribution in [2.75, 3.05) is 37.6 Å². The smallest absolute Gasteiger partial charge is 0.316 e. The molecule has 6 nitrogen and oxygen atoms in total. The van der Waals surface area contributed by atoms with Crippen molar-refractivity contribution in [2.45, 2.75) is 32.5 Å². The lowest BCUT2D eigenvalue weighted by Crippen LogP contribution is -2.47. The van der Waals surface area contributed by atoms with Crippen LogP contribution in [0.5, 0.6) is 5.75 Å². The largest absolute Gasteiger partial charge is 0.479 e. The Morgan fingerprint density at radius 3 is 2.59 bits per heavy atom. The highest BCUT2D eigenvalue weighted by molar-refractivity contribution is 5.57. The zero-order valence-electron chi connectivity index (χ0n) is 19.4. The molecule has 1 saturated heterocycles. The van der Waals surface area contributed by atoms with E-state index < -0.39 is 23.7 Å². The van der Waals surface area contributed by atoms with Crippen molar-refractivity contribution >= 4 is 5.69 Å². The second-order valence-corrected chi connectivity index (χ2v) is 8.94. The van der Waals surface area contributed by atoms with Gasteiger partial charge in [0.15, 0.2) is 6.17 Å². The van der Waals surface area contributed by atoms with E-state index >= 15 is 4.39 Å². The highest BCUT2D eigenvalue weighted by Crippen LogP contribution is 2.38. The van der Waals surface area contributed by atoms with Crippen molar-refractivity contribution in [1.29, 1.82) is 0 Å². The van der Waals surface area contributed by atoms with E-state index in [0.29, 0.717) is 42.0 Å². The SMILES string of the molecule is CCN1CCN(c2cnn(-c3cc(C)cc(F)c3)c(=O)c2OC2Cc3ccccc3C2F)CC1. The van der Waals surface area contributed by atoms with Crippen molar-refractivity contribution in [1.82, 2.24) is 14.7 Å². The summed E-state index contributed by atoms with van der Waals surface area (Å²) in [5.41, 5.74) is 2.48. The van der Waals surface area contributed by atoms with Crippen LogP contribution in [0.25, 0.3) is 5.69 Å². The van der Waals surface area contributed by atoms with Gasteiger partial charge < -0.3 is 14.5 Å². The van der Waals surface area contributed by atoms with E-state index in [2.05, 4.69) is 21.8 Å². The molecular formula is C26H28F2N4O2. The molecule has 0 bridgehead atoms. The van der Waals surface area contributed by atoms with Crippen LogP contribution in [0.4, 0.5) is 14.5 Å². The Bertz CT molecular complexity index is 1230. The number of alkyl halides is 1. The predicted octanol–water partition coefficient (Wildman–Crippen LogP) is 3.84. The molecule has 2 heterocycles. The van der Waals surface area contributed by atoms with Gasteiger partial charge in [-0.2, -0.15) is 9.78 Å². The van der Waals surface area contributed by atoms with Crippen molar-refractivity contribution in [3.63, 3.8) is 0 Å². The molecular weight excluding hydrogens is 438 g/mol. The number of piperazine rings is 1. The first-order valence-corrected chi connectivity index (χ1v) is 11.7. The van der Waals surface area contributed by atoms with Crippen LogP contribution in [-0.4, -0.2) is 53.5 Å². The Hall–Kier alpha value is -3.26. The normalized spacial score (nSPS) is 20.4. The summed E-state index contributed by atoms with van der Waals surface area (Å²) in [5, 5.41) is 4.35. The third-order valence-corrected chi connectivity index (χ3v) is 6.72. The molecule has 0 N–H and O–H groups in total. The van der Waals surface area contributed by atoms with Gasteiger partial charge in [0.1, 0.15) is 17.6 Å². The van der Waals surface area contributed by atoms with Gasteiger partial charge in [0.2, 0.25) is 5.75 Å². The van der Waals surface area contributed by atoms with Gasteiger partial charge >= 0.3 is 5.56 Å². The standard InChI is InChI=1S/C26H28F2N4O2/c1-3-30-8-10-31(11-9-30)22-16-29-32(20-13-17(2)12-19(27)15-20)26(33)25(22)34-23-14-18-6-4-5-7-21(18)24(23)28/h4-7,12-13,15-16,23-24H,3,8-11,14H2,1-2H3. The number of hydrogen-bond donors (Lipinski definition) is 0. The van der Waals surface area contributed by atoms with Gasteiger partial charge in [-0.25, -0.2) is 8.78 Å². The summed E-state index contributed by atoms with van der Waals surface area (Å²) in [6, 6.07) is 11.6. The zero-order valence-corrected chi connectivity index (χ0v) is 19.4. The fourth-order valence-electron chi connectivity index (χ4n) is 4.86. The fraction of sp³-hybridized carbons (Fsp3) is 0.385. The van der Waals surface area contributed by atoms with Crippen LogP contribution in [0.3, 0.4) is 0 Å². The number of aromatic nitrogens is 2. The average Bonchev–Trinajstić information content (AvgIpc) is 3.15. The molecule has 0 radical (unpaired) electrons. The fourth-order valence-corrected chi connectivity index (χ4v) is 4.86. The van der Waals surface area contributed by atoms with Crippen LogP contribution in [-0.2, 0) is 6.42 Å². The van der Waals surface area contributed by atoms with Gasteiger partial charge in [-0.15, -0.1) is 0 Å². The Morgan fingerprint density at radius 1 is 1.12 bits per heavy atom. The van der Waals surface area contributed by atoms with Crippen molar-refractivity contribution < 1.29 is 13.5 Å². The maximum absolute atomic E-state index is 15.3. The van der Waals surface area contributed by atoms with Crippen molar-refractivity contribution in [2.24, 2.45) is 0 Å². The van der Waals surface area contributed by atoms with Crippen LogP contribution in [0, 0.1) is 12.7 Å². The summed E-state index contributed by atoms with van der Waals surface area (Å²) in [7, 11) is 0. The van der Waals surface area contributed by atoms with Gasteiger partial charge in [0, 0.05) is 32.6 Å². The van der Waals surface area contributed by atoms with Gasteiger partial charge in [0.05, 0.1) is 11.9 Å². The van der Waals surface area contributed by atoms with Crippen LogP contribution < -0.4 is 15.2 Å². The zero-order chi connectivity index (χ0) is 23.8.